The first-order chi connectivity index (χ1) is 9.25. The number of hydrogen-bond donors (Lipinski definition) is 4. The van der Waals surface area contributed by atoms with E-state index in [0.29, 0.717) is 5.69 Å². The highest BCUT2D eigenvalue weighted by Gasteiger charge is 2.16. The third-order valence-electron chi connectivity index (χ3n) is 2.90. The van der Waals surface area contributed by atoms with Gasteiger partial charge in [0.05, 0.1) is 5.69 Å². The number of hydrogen-bond acceptors (Lipinski definition) is 1. The van der Waals surface area contributed by atoms with E-state index in [1.165, 1.54) is 5.69 Å². The Kier molecular flexibility index (Phi) is 3.40. The maximum absolute atomic E-state index is 5.62. The Bertz CT molecular complexity index is 683. The summed E-state index contributed by atoms with van der Waals surface area (Å²) in [6.45, 7) is 6.48. The lowest BCUT2D eigenvalue weighted by Crippen LogP contribution is -2.26. The van der Waals surface area contributed by atoms with Crippen LogP contribution < -0.4 is 17.2 Å². The van der Waals surface area contributed by atoms with Gasteiger partial charge in [0.2, 0.25) is 5.96 Å². The molecule has 0 aliphatic carbocycles. The molecule has 1 heterocycles. The quantitative estimate of drug-likeness (QED) is 0.467. The van der Waals surface area contributed by atoms with Crippen molar-refractivity contribution in [2.75, 3.05) is 0 Å². The van der Waals surface area contributed by atoms with Crippen molar-refractivity contribution >= 4 is 28.5 Å². The fourth-order valence-corrected chi connectivity index (χ4v) is 1.88. The summed E-state index contributed by atoms with van der Waals surface area (Å²) >= 11 is 0. The molecule has 0 unspecified atom stereocenters. The third-order valence-corrected chi connectivity index (χ3v) is 2.90. The molecule has 0 bridgehead atoms. The monoisotopic (exact) mass is 272 g/mol. The Morgan fingerprint density at radius 3 is 2.40 bits per heavy atom. The molecular formula is C14H20N6. The minimum absolute atomic E-state index is 0.0379. The van der Waals surface area contributed by atoms with E-state index in [2.05, 4.69) is 41.8 Å². The van der Waals surface area contributed by atoms with Gasteiger partial charge in [0.1, 0.15) is 0 Å². The normalized spacial score (nSPS) is 12.7. The number of aromatic nitrogens is 1. The van der Waals surface area contributed by atoms with E-state index in [1.807, 2.05) is 18.2 Å². The molecule has 6 nitrogen and oxygen atoms in total. The predicted octanol–water partition coefficient (Wildman–Crippen LogP) is 1.68. The number of H-pyrrole nitrogens is 1. The number of aromatic amines is 1. The van der Waals surface area contributed by atoms with Gasteiger partial charge in [0.25, 0.3) is 0 Å². The zero-order valence-electron chi connectivity index (χ0n) is 11.9. The topological polar surface area (TPSA) is 119 Å². The van der Waals surface area contributed by atoms with Crippen LogP contribution in [0, 0.1) is 0 Å². The number of nitrogens with zero attached hydrogens (tertiary/aromatic N) is 2. The van der Waals surface area contributed by atoms with Crippen LogP contribution in [0.3, 0.4) is 0 Å². The standard InChI is InChI=1S/C14H20N6/c1-14(2,3)11-7-8-6-9(4-5-10(8)19-11)18-13(17)20-12(15)16/h4-7,19H,1-3H3,(H6,15,16,17,18,20). The van der Waals surface area contributed by atoms with E-state index < -0.39 is 0 Å². The molecule has 1 aromatic heterocycles. The molecule has 0 aliphatic rings. The average Bonchev–Trinajstić information content (AvgIpc) is 2.70. The van der Waals surface area contributed by atoms with Crippen LogP contribution >= 0.6 is 0 Å². The second-order valence-corrected chi connectivity index (χ2v) is 5.71. The molecule has 6 heteroatoms. The van der Waals surface area contributed by atoms with Crippen molar-refractivity contribution in [3.8, 4) is 0 Å². The number of fused-ring (bicyclic) bond motifs is 1. The van der Waals surface area contributed by atoms with Crippen LogP contribution in [0.2, 0.25) is 0 Å². The molecule has 0 radical (unpaired) electrons. The summed E-state index contributed by atoms with van der Waals surface area (Å²) in [7, 11) is 0. The SMILES string of the molecule is CC(C)(C)c1cc2cc(N=C(N)N=C(N)N)ccc2[nH]1. The van der Waals surface area contributed by atoms with E-state index in [-0.39, 0.29) is 17.3 Å². The number of nitrogens with two attached hydrogens (primary N) is 3. The maximum Gasteiger partial charge on any atom is 0.223 e. The van der Waals surface area contributed by atoms with Gasteiger partial charge in [-0.1, -0.05) is 20.8 Å². The summed E-state index contributed by atoms with van der Waals surface area (Å²) in [6, 6.07) is 7.88. The summed E-state index contributed by atoms with van der Waals surface area (Å²) in [5, 5.41) is 1.08. The van der Waals surface area contributed by atoms with Gasteiger partial charge in [0.15, 0.2) is 5.96 Å². The molecule has 7 N–H and O–H groups in total. The van der Waals surface area contributed by atoms with Crippen LogP contribution in [-0.4, -0.2) is 16.9 Å². The molecular weight excluding hydrogens is 252 g/mol. The second kappa shape index (κ2) is 4.88. The maximum atomic E-state index is 5.62. The lowest BCUT2D eigenvalue weighted by molar-refractivity contribution is 0.574. The van der Waals surface area contributed by atoms with Crippen molar-refractivity contribution < 1.29 is 0 Å². The van der Waals surface area contributed by atoms with Gasteiger partial charge in [-0.25, -0.2) is 4.99 Å². The molecule has 0 fully saturated rings. The van der Waals surface area contributed by atoms with Gasteiger partial charge in [-0.15, -0.1) is 0 Å². The fraction of sp³-hybridized carbons (Fsp3) is 0.286. The molecule has 20 heavy (non-hydrogen) atoms. The van der Waals surface area contributed by atoms with Crippen molar-refractivity contribution in [1.82, 2.24) is 4.98 Å². The van der Waals surface area contributed by atoms with Crippen molar-refractivity contribution in [3.63, 3.8) is 0 Å². The van der Waals surface area contributed by atoms with Crippen LogP contribution in [0.5, 0.6) is 0 Å². The van der Waals surface area contributed by atoms with Gasteiger partial charge in [-0.3, -0.25) is 0 Å². The lowest BCUT2D eigenvalue weighted by atomic mass is 9.92. The smallest absolute Gasteiger partial charge is 0.223 e. The molecule has 0 saturated carbocycles. The molecule has 1 aromatic carbocycles. The van der Waals surface area contributed by atoms with Crippen molar-refractivity contribution in [3.05, 3.63) is 30.0 Å². The Morgan fingerprint density at radius 1 is 1.10 bits per heavy atom. The highest BCUT2D eigenvalue weighted by molar-refractivity contribution is 5.94. The number of aliphatic imine (C=N–C) groups is 2. The zero-order valence-corrected chi connectivity index (χ0v) is 11.9. The first-order valence-electron chi connectivity index (χ1n) is 6.33. The first kappa shape index (κ1) is 13.9. The van der Waals surface area contributed by atoms with E-state index in [9.17, 15) is 0 Å². The summed E-state index contributed by atoms with van der Waals surface area (Å²) < 4.78 is 0. The first-order valence-corrected chi connectivity index (χ1v) is 6.33. The van der Waals surface area contributed by atoms with Crippen LogP contribution in [-0.2, 0) is 5.41 Å². The molecule has 0 aliphatic heterocycles. The minimum atomic E-state index is -0.107. The highest BCUT2D eigenvalue weighted by Crippen LogP contribution is 2.28. The number of nitrogens with one attached hydrogen (secondary N) is 1. The van der Waals surface area contributed by atoms with E-state index >= 15 is 0 Å². The highest BCUT2D eigenvalue weighted by atomic mass is 15.1. The molecule has 2 rings (SSSR count). The summed E-state index contributed by atoms with van der Waals surface area (Å²) in [5.74, 6) is -0.0695. The summed E-state index contributed by atoms with van der Waals surface area (Å²) in [5.41, 5.74) is 19.1. The Morgan fingerprint density at radius 2 is 1.80 bits per heavy atom. The second-order valence-electron chi connectivity index (χ2n) is 5.71. The molecule has 0 saturated heterocycles. The number of rotatable bonds is 1. The Balaban J connectivity index is 2.42. The van der Waals surface area contributed by atoms with Crippen molar-refractivity contribution in [2.24, 2.45) is 27.2 Å². The number of benzene rings is 1. The zero-order chi connectivity index (χ0) is 14.9. The van der Waals surface area contributed by atoms with Crippen molar-refractivity contribution in [2.45, 2.75) is 26.2 Å². The van der Waals surface area contributed by atoms with E-state index in [1.54, 1.807) is 0 Å². The Labute approximate surface area is 117 Å². The molecule has 106 valence electrons. The van der Waals surface area contributed by atoms with Crippen LogP contribution in [0.25, 0.3) is 10.9 Å². The molecule has 2 aromatic rings. The van der Waals surface area contributed by atoms with Crippen LogP contribution in [0.4, 0.5) is 5.69 Å². The van der Waals surface area contributed by atoms with Gasteiger partial charge in [-0.05, 0) is 24.3 Å². The predicted molar refractivity (Wildman–Crippen MR) is 84.1 cm³/mol. The summed E-state index contributed by atoms with van der Waals surface area (Å²) in [6.07, 6.45) is 0. The molecule has 0 amide bonds. The van der Waals surface area contributed by atoms with Gasteiger partial charge in [0, 0.05) is 22.0 Å². The molecule has 0 atom stereocenters. The van der Waals surface area contributed by atoms with Gasteiger partial charge >= 0.3 is 0 Å². The van der Waals surface area contributed by atoms with Gasteiger partial charge in [-0.2, -0.15) is 4.99 Å². The Hall–Kier alpha value is -2.50. The molecule has 0 spiro atoms. The van der Waals surface area contributed by atoms with Crippen molar-refractivity contribution in [1.29, 1.82) is 0 Å². The largest absolute Gasteiger partial charge is 0.370 e. The minimum Gasteiger partial charge on any atom is -0.370 e. The summed E-state index contributed by atoms with van der Waals surface area (Å²) in [4.78, 5) is 11.2. The average molecular weight is 272 g/mol. The van der Waals surface area contributed by atoms with Crippen LogP contribution in [0.1, 0.15) is 26.5 Å². The van der Waals surface area contributed by atoms with Gasteiger partial charge < -0.3 is 22.2 Å². The lowest BCUT2D eigenvalue weighted by Gasteiger charge is -2.15. The van der Waals surface area contributed by atoms with E-state index in [0.717, 1.165) is 10.9 Å². The van der Waals surface area contributed by atoms with Crippen LogP contribution in [0.15, 0.2) is 34.3 Å². The fourth-order valence-electron chi connectivity index (χ4n) is 1.88. The number of guanidine groups is 2. The van der Waals surface area contributed by atoms with E-state index in [4.69, 9.17) is 17.2 Å². The third kappa shape index (κ3) is 3.09.